The molecule has 1 fully saturated rings. The lowest BCUT2D eigenvalue weighted by Crippen LogP contribution is -2.40. The highest BCUT2D eigenvalue weighted by Gasteiger charge is 2.24. The van der Waals surface area contributed by atoms with Crippen LogP contribution in [0.15, 0.2) is 23.3 Å². The predicted molar refractivity (Wildman–Crippen MR) is 112 cm³/mol. The molecule has 0 radical (unpaired) electrons. The third kappa shape index (κ3) is 6.99. The fraction of sp³-hybridized carbons (Fsp3) is 0.650. The maximum absolute atomic E-state index is 11.4. The van der Waals surface area contributed by atoms with E-state index in [0.717, 1.165) is 75.9 Å². The summed E-state index contributed by atoms with van der Waals surface area (Å²) in [6.07, 6.45) is 5.44. The van der Waals surface area contributed by atoms with Crippen LogP contribution in [0, 0.1) is 5.92 Å². The van der Waals surface area contributed by atoms with Gasteiger partial charge in [-0.05, 0) is 38.7 Å². The average molecular weight is 391 g/mol. The molecule has 28 heavy (non-hydrogen) atoms. The molecule has 1 aliphatic heterocycles. The van der Waals surface area contributed by atoms with Crippen molar-refractivity contribution in [2.45, 2.75) is 39.2 Å². The zero-order valence-electron chi connectivity index (χ0n) is 17.1. The summed E-state index contributed by atoms with van der Waals surface area (Å²) >= 11 is 0. The van der Waals surface area contributed by atoms with Gasteiger partial charge < -0.3 is 26.0 Å². The molecule has 1 aromatic rings. The number of nitrogens with one attached hydrogen (secondary N) is 2. The van der Waals surface area contributed by atoms with Crippen molar-refractivity contribution in [2.75, 3.05) is 44.8 Å². The molecule has 2 rings (SSSR count). The Morgan fingerprint density at radius 3 is 2.82 bits per heavy atom. The van der Waals surface area contributed by atoms with Crippen molar-refractivity contribution in [3.8, 4) is 0 Å². The Kier molecular flexibility index (Phi) is 9.54. The van der Waals surface area contributed by atoms with Crippen molar-refractivity contribution >= 4 is 17.7 Å². The van der Waals surface area contributed by atoms with Gasteiger partial charge in [0.15, 0.2) is 5.96 Å². The number of hydrogen-bond acceptors (Lipinski definition) is 5. The Morgan fingerprint density at radius 1 is 1.36 bits per heavy atom. The van der Waals surface area contributed by atoms with Crippen LogP contribution in [0.1, 0.15) is 38.2 Å². The topological polar surface area (TPSA) is 105 Å². The highest BCUT2D eigenvalue weighted by atomic mass is 16.5. The molecule has 1 aromatic heterocycles. The summed E-state index contributed by atoms with van der Waals surface area (Å²) in [5.41, 5.74) is 6.55. The summed E-state index contributed by atoms with van der Waals surface area (Å²) in [6.45, 7) is 6.66. The third-order valence-electron chi connectivity index (χ3n) is 4.95. The SMILES string of the molecule is CCOCCCCNC(=NC)NCc1cccnc1N1CCC(C(N)=O)CC1. The lowest BCUT2D eigenvalue weighted by molar-refractivity contribution is -0.122. The molecule has 0 unspecified atom stereocenters. The summed E-state index contributed by atoms with van der Waals surface area (Å²) in [5.74, 6) is 1.52. The van der Waals surface area contributed by atoms with E-state index in [0.29, 0.717) is 6.54 Å². The number of amides is 1. The first kappa shape index (κ1) is 21.9. The van der Waals surface area contributed by atoms with E-state index in [1.54, 1.807) is 7.05 Å². The third-order valence-corrected chi connectivity index (χ3v) is 4.95. The molecule has 0 aliphatic carbocycles. The second kappa shape index (κ2) is 12.2. The number of anilines is 1. The molecular formula is C20H34N6O2. The van der Waals surface area contributed by atoms with Crippen LogP contribution in [-0.4, -0.2) is 56.7 Å². The van der Waals surface area contributed by atoms with Crippen molar-refractivity contribution in [1.82, 2.24) is 15.6 Å². The minimum absolute atomic E-state index is 0.0210. The molecule has 0 spiro atoms. The molecule has 1 aliphatic rings. The second-order valence-electron chi connectivity index (χ2n) is 6.91. The van der Waals surface area contributed by atoms with Crippen LogP contribution in [0.25, 0.3) is 0 Å². The monoisotopic (exact) mass is 390 g/mol. The van der Waals surface area contributed by atoms with Crippen LogP contribution < -0.4 is 21.3 Å². The van der Waals surface area contributed by atoms with Crippen LogP contribution in [0.4, 0.5) is 5.82 Å². The predicted octanol–water partition coefficient (Wildman–Crippen LogP) is 1.27. The van der Waals surface area contributed by atoms with E-state index in [2.05, 4.69) is 31.6 Å². The van der Waals surface area contributed by atoms with Gasteiger partial charge in [-0.15, -0.1) is 0 Å². The number of carbonyl (C=O) groups is 1. The van der Waals surface area contributed by atoms with E-state index in [9.17, 15) is 4.79 Å². The number of carbonyl (C=O) groups excluding carboxylic acids is 1. The Bertz CT molecular complexity index is 629. The molecular weight excluding hydrogens is 356 g/mol. The number of aliphatic imine (C=N–C) groups is 1. The van der Waals surface area contributed by atoms with Gasteiger partial charge in [0.05, 0.1) is 0 Å². The minimum atomic E-state index is -0.196. The molecule has 0 aromatic carbocycles. The minimum Gasteiger partial charge on any atom is -0.382 e. The molecule has 1 amide bonds. The molecule has 2 heterocycles. The number of unbranched alkanes of at least 4 members (excludes halogenated alkanes) is 1. The fourth-order valence-electron chi connectivity index (χ4n) is 3.31. The van der Waals surface area contributed by atoms with E-state index in [1.807, 2.05) is 19.2 Å². The van der Waals surface area contributed by atoms with Gasteiger partial charge in [0.1, 0.15) is 5.82 Å². The van der Waals surface area contributed by atoms with Crippen LogP contribution in [0.3, 0.4) is 0 Å². The number of ether oxygens (including phenoxy) is 1. The van der Waals surface area contributed by atoms with E-state index in [-0.39, 0.29) is 11.8 Å². The largest absolute Gasteiger partial charge is 0.382 e. The van der Waals surface area contributed by atoms with Gasteiger partial charge in [-0.1, -0.05) is 6.07 Å². The number of pyridine rings is 1. The zero-order valence-corrected chi connectivity index (χ0v) is 17.1. The van der Waals surface area contributed by atoms with Crippen molar-refractivity contribution in [2.24, 2.45) is 16.6 Å². The Balaban J connectivity index is 1.83. The lowest BCUT2D eigenvalue weighted by atomic mass is 9.96. The molecule has 0 bridgehead atoms. The van der Waals surface area contributed by atoms with E-state index < -0.39 is 0 Å². The highest BCUT2D eigenvalue weighted by Crippen LogP contribution is 2.24. The summed E-state index contributed by atoms with van der Waals surface area (Å²) in [6, 6.07) is 4.02. The van der Waals surface area contributed by atoms with E-state index >= 15 is 0 Å². The van der Waals surface area contributed by atoms with Crippen LogP contribution >= 0.6 is 0 Å². The van der Waals surface area contributed by atoms with Crippen LogP contribution in [0.5, 0.6) is 0 Å². The molecule has 8 nitrogen and oxygen atoms in total. The maximum atomic E-state index is 11.4. The Hall–Kier alpha value is -2.35. The molecule has 156 valence electrons. The summed E-state index contributed by atoms with van der Waals surface area (Å²) in [7, 11) is 1.77. The lowest BCUT2D eigenvalue weighted by Gasteiger charge is -2.32. The Labute approximate surface area is 167 Å². The number of primary amides is 1. The summed E-state index contributed by atoms with van der Waals surface area (Å²) < 4.78 is 5.35. The second-order valence-corrected chi connectivity index (χ2v) is 6.91. The van der Waals surface area contributed by atoms with Gasteiger partial charge in [0, 0.05) is 64.1 Å². The summed E-state index contributed by atoms with van der Waals surface area (Å²) in [5, 5.41) is 6.69. The van der Waals surface area contributed by atoms with Crippen molar-refractivity contribution in [3.05, 3.63) is 23.9 Å². The highest BCUT2D eigenvalue weighted by molar-refractivity contribution is 5.79. The van der Waals surface area contributed by atoms with Gasteiger partial charge in [-0.2, -0.15) is 0 Å². The van der Waals surface area contributed by atoms with Crippen LogP contribution in [-0.2, 0) is 16.1 Å². The van der Waals surface area contributed by atoms with Gasteiger partial charge >= 0.3 is 0 Å². The van der Waals surface area contributed by atoms with E-state index in [4.69, 9.17) is 10.5 Å². The molecule has 4 N–H and O–H groups in total. The number of nitrogens with zero attached hydrogens (tertiary/aromatic N) is 3. The molecule has 1 saturated heterocycles. The Morgan fingerprint density at radius 2 is 2.14 bits per heavy atom. The van der Waals surface area contributed by atoms with E-state index in [1.165, 1.54) is 0 Å². The first-order valence-corrected chi connectivity index (χ1v) is 10.2. The number of hydrogen-bond donors (Lipinski definition) is 3. The number of rotatable bonds is 10. The van der Waals surface area contributed by atoms with Crippen molar-refractivity contribution < 1.29 is 9.53 Å². The van der Waals surface area contributed by atoms with Crippen LogP contribution in [0.2, 0.25) is 0 Å². The quantitative estimate of drug-likeness (QED) is 0.316. The number of guanidine groups is 1. The smallest absolute Gasteiger partial charge is 0.220 e. The molecule has 0 saturated carbocycles. The van der Waals surface area contributed by atoms with Crippen molar-refractivity contribution in [3.63, 3.8) is 0 Å². The normalized spacial score (nSPS) is 15.5. The molecule has 0 atom stereocenters. The van der Waals surface area contributed by atoms with Gasteiger partial charge in [0.2, 0.25) is 5.91 Å². The first-order valence-electron chi connectivity index (χ1n) is 10.2. The average Bonchev–Trinajstić information content (AvgIpc) is 2.73. The number of piperidine rings is 1. The van der Waals surface area contributed by atoms with Crippen molar-refractivity contribution in [1.29, 1.82) is 0 Å². The fourth-order valence-corrected chi connectivity index (χ4v) is 3.31. The number of aromatic nitrogens is 1. The number of nitrogens with two attached hydrogens (primary N) is 1. The van der Waals surface area contributed by atoms with Gasteiger partial charge in [0.25, 0.3) is 0 Å². The first-order chi connectivity index (χ1) is 13.7. The summed E-state index contributed by atoms with van der Waals surface area (Å²) in [4.78, 5) is 22.5. The molecule has 8 heteroatoms. The zero-order chi connectivity index (χ0) is 20.2. The van der Waals surface area contributed by atoms with Gasteiger partial charge in [-0.3, -0.25) is 9.79 Å². The maximum Gasteiger partial charge on any atom is 0.220 e. The standard InChI is InChI=1S/C20H34N6O2/c1-3-28-14-5-4-10-24-20(22-2)25-15-17-7-6-11-23-19(17)26-12-8-16(9-13-26)18(21)27/h6-7,11,16H,3-5,8-10,12-15H2,1-2H3,(H2,21,27)(H2,22,24,25). The van der Waals surface area contributed by atoms with Gasteiger partial charge in [-0.25, -0.2) is 4.98 Å².